The molecule has 0 aliphatic carbocycles. The highest BCUT2D eigenvalue weighted by molar-refractivity contribution is 7.80. The zero-order valence-electron chi connectivity index (χ0n) is 18.2. The third-order valence-corrected chi connectivity index (χ3v) is 5.11. The molecule has 1 heterocycles. The average molecular weight is 469 g/mol. The van der Waals surface area contributed by atoms with Crippen LogP contribution in [0, 0.1) is 0 Å². The predicted octanol–water partition coefficient (Wildman–Crippen LogP) is 2.67. The molecule has 1 amide bonds. The van der Waals surface area contributed by atoms with E-state index >= 15 is 0 Å². The van der Waals surface area contributed by atoms with Crippen molar-refractivity contribution in [2.75, 3.05) is 26.4 Å². The first-order valence-electron chi connectivity index (χ1n) is 10.2. The molecule has 1 aliphatic heterocycles. The summed E-state index contributed by atoms with van der Waals surface area (Å²) in [6.45, 7) is 5.61. The second kappa shape index (κ2) is 10.7. The molecule has 0 atom stereocenters. The molecule has 3 rings (SSSR count). The number of fused-ring (bicyclic) bond motifs is 1. The lowest BCUT2D eigenvalue weighted by atomic mass is 10.1. The van der Waals surface area contributed by atoms with E-state index in [1.807, 2.05) is 0 Å². The molecule has 172 valence electrons. The number of Topliss-reactive ketones (excluding diaryl/α,β-unsaturated/α-hetero) is 1. The van der Waals surface area contributed by atoms with Crippen molar-refractivity contribution in [1.82, 2.24) is 4.90 Å². The fourth-order valence-corrected chi connectivity index (χ4v) is 3.48. The van der Waals surface area contributed by atoms with Crippen molar-refractivity contribution in [1.29, 1.82) is 0 Å². The number of thiocarbonyl (C=S) groups is 1. The second-order valence-corrected chi connectivity index (χ2v) is 7.61. The molecule has 9 heteroatoms. The molecular formula is C24H24N2O6S. The smallest absolute Gasteiger partial charge is 0.344 e. The SMILES string of the molecule is C=CCOc1cc(OCC(=O)OCC)ccc1C(=O)CN1Cc2cc(C(N)=S)ccc2C1=O. The number of hydrogen-bond acceptors (Lipinski definition) is 7. The van der Waals surface area contributed by atoms with Crippen molar-refractivity contribution < 1.29 is 28.6 Å². The molecule has 8 nitrogen and oxygen atoms in total. The summed E-state index contributed by atoms with van der Waals surface area (Å²) in [4.78, 5) is 39.1. The van der Waals surface area contributed by atoms with Crippen LogP contribution in [0.4, 0.5) is 0 Å². The van der Waals surface area contributed by atoms with E-state index < -0.39 is 5.97 Å². The zero-order chi connectivity index (χ0) is 24.0. The van der Waals surface area contributed by atoms with Crippen LogP contribution in [0.25, 0.3) is 0 Å². The Hall–Kier alpha value is -3.72. The number of ketones is 1. The summed E-state index contributed by atoms with van der Waals surface area (Å²) < 4.78 is 15.9. The van der Waals surface area contributed by atoms with Crippen molar-refractivity contribution in [3.63, 3.8) is 0 Å². The van der Waals surface area contributed by atoms with Gasteiger partial charge in [-0.25, -0.2) is 4.79 Å². The van der Waals surface area contributed by atoms with Crippen LogP contribution in [-0.4, -0.2) is 53.9 Å². The van der Waals surface area contributed by atoms with E-state index in [1.54, 1.807) is 43.3 Å². The van der Waals surface area contributed by atoms with Crippen LogP contribution in [0.1, 0.15) is 38.8 Å². The van der Waals surface area contributed by atoms with Crippen molar-refractivity contribution in [3.05, 3.63) is 71.3 Å². The monoisotopic (exact) mass is 468 g/mol. The number of hydrogen-bond donors (Lipinski definition) is 1. The summed E-state index contributed by atoms with van der Waals surface area (Å²) in [5, 5.41) is 0. The van der Waals surface area contributed by atoms with Gasteiger partial charge in [0.05, 0.1) is 18.7 Å². The van der Waals surface area contributed by atoms with Gasteiger partial charge in [0.1, 0.15) is 23.1 Å². The van der Waals surface area contributed by atoms with Crippen LogP contribution >= 0.6 is 12.2 Å². The number of carbonyl (C=O) groups is 3. The maximum Gasteiger partial charge on any atom is 0.344 e. The van der Waals surface area contributed by atoms with Gasteiger partial charge in [-0.1, -0.05) is 30.9 Å². The minimum atomic E-state index is -0.503. The molecule has 33 heavy (non-hydrogen) atoms. The summed E-state index contributed by atoms with van der Waals surface area (Å²) >= 11 is 5.00. The molecule has 0 unspecified atom stereocenters. The van der Waals surface area contributed by atoms with Crippen LogP contribution < -0.4 is 15.2 Å². The molecule has 0 bridgehead atoms. The molecular weight excluding hydrogens is 444 g/mol. The Morgan fingerprint density at radius 2 is 2.00 bits per heavy atom. The quantitative estimate of drug-likeness (QED) is 0.232. The van der Waals surface area contributed by atoms with Crippen LogP contribution in [0.3, 0.4) is 0 Å². The van der Waals surface area contributed by atoms with E-state index in [2.05, 4.69) is 6.58 Å². The number of carbonyl (C=O) groups excluding carboxylic acids is 3. The number of benzene rings is 2. The van der Waals surface area contributed by atoms with E-state index in [9.17, 15) is 14.4 Å². The summed E-state index contributed by atoms with van der Waals surface area (Å²) in [5.41, 5.74) is 7.92. The van der Waals surface area contributed by atoms with Crippen LogP contribution in [0.15, 0.2) is 49.1 Å². The van der Waals surface area contributed by atoms with Crippen LogP contribution in [-0.2, 0) is 16.1 Å². The van der Waals surface area contributed by atoms with Gasteiger partial charge in [0, 0.05) is 23.7 Å². The highest BCUT2D eigenvalue weighted by Gasteiger charge is 2.30. The molecule has 0 saturated heterocycles. The molecule has 0 radical (unpaired) electrons. The van der Waals surface area contributed by atoms with E-state index in [1.165, 1.54) is 11.0 Å². The lowest BCUT2D eigenvalue weighted by Gasteiger charge is -2.17. The lowest BCUT2D eigenvalue weighted by Crippen LogP contribution is -2.30. The van der Waals surface area contributed by atoms with Gasteiger partial charge in [-0.05, 0) is 36.8 Å². The standard InChI is InChI=1S/C24H24N2O6S/c1-3-9-31-21-11-17(32-14-22(28)30-4-2)6-8-19(21)20(27)13-26-12-16-10-15(23(25)33)5-7-18(16)24(26)29/h3,5-8,10-11H,1,4,9,12-14H2,2H3,(H2,25,33). The van der Waals surface area contributed by atoms with Crippen molar-refractivity contribution in [2.45, 2.75) is 13.5 Å². The maximum absolute atomic E-state index is 13.1. The second-order valence-electron chi connectivity index (χ2n) is 7.17. The Kier molecular flexibility index (Phi) is 7.78. The third kappa shape index (κ3) is 5.75. The molecule has 1 aliphatic rings. The Morgan fingerprint density at radius 1 is 1.21 bits per heavy atom. The zero-order valence-corrected chi connectivity index (χ0v) is 19.0. The highest BCUT2D eigenvalue weighted by atomic mass is 32.1. The van der Waals surface area contributed by atoms with Crippen molar-refractivity contribution in [3.8, 4) is 11.5 Å². The van der Waals surface area contributed by atoms with Gasteiger partial charge in [-0.3, -0.25) is 9.59 Å². The van der Waals surface area contributed by atoms with Crippen LogP contribution in [0.5, 0.6) is 11.5 Å². The molecule has 0 spiro atoms. The van der Waals surface area contributed by atoms with Crippen molar-refractivity contribution >= 4 is 34.9 Å². The minimum Gasteiger partial charge on any atom is -0.489 e. The molecule has 0 saturated carbocycles. The van der Waals surface area contributed by atoms with E-state index in [-0.39, 0.29) is 60.9 Å². The Labute approximate surface area is 196 Å². The Bertz CT molecular complexity index is 1110. The Morgan fingerprint density at radius 3 is 2.70 bits per heavy atom. The predicted molar refractivity (Wildman–Crippen MR) is 126 cm³/mol. The summed E-state index contributed by atoms with van der Waals surface area (Å²) in [6.07, 6.45) is 1.54. The van der Waals surface area contributed by atoms with E-state index in [0.717, 1.165) is 5.56 Å². The van der Waals surface area contributed by atoms with Gasteiger partial charge in [0.15, 0.2) is 12.4 Å². The fraction of sp³-hybridized carbons (Fsp3) is 0.250. The van der Waals surface area contributed by atoms with Gasteiger partial charge in [0.2, 0.25) is 0 Å². The first-order chi connectivity index (χ1) is 15.8. The molecule has 2 aromatic carbocycles. The Balaban J connectivity index is 1.75. The van der Waals surface area contributed by atoms with Gasteiger partial charge in [-0.2, -0.15) is 0 Å². The summed E-state index contributed by atoms with van der Waals surface area (Å²) in [5.74, 6) is -0.441. The van der Waals surface area contributed by atoms with Gasteiger partial charge in [0.25, 0.3) is 5.91 Å². The molecule has 2 aromatic rings. The largest absolute Gasteiger partial charge is 0.489 e. The number of nitrogens with two attached hydrogens (primary N) is 1. The number of ether oxygens (including phenoxy) is 3. The lowest BCUT2D eigenvalue weighted by molar-refractivity contribution is -0.145. The number of esters is 1. The van der Waals surface area contributed by atoms with E-state index in [4.69, 9.17) is 32.2 Å². The number of amides is 1. The van der Waals surface area contributed by atoms with E-state index in [0.29, 0.717) is 16.9 Å². The summed E-state index contributed by atoms with van der Waals surface area (Å²) in [7, 11) is 0. The fourth-order valence-electron chi connectivity index (χ4n) is 3.36. The van der Waals surface area contributed by atoms with Crippen molar-refractivity contribution in [2.24, 2.45) is 5.73 Å². The van der Waals surface area contributed by atoms with Gasteiger partial charge in [-0.15, -0.1) is 0 Å². The minimum absolute atomic E-state index is 0.136. The first-order valence-corrected chi connectivity index (χ1v) is 10.7. The average Bonchev–Trinajstić information content (AvgIpc) is 3.10. The van der Waals surface area contributed by atoms with Gasteiger partial charge < -0.3 is 24.8 Å². The molecule has 0 fully saturated rings. The number of nitrogens with zero attached hydrogens (tertiary/aromatic N) is 1. The van der Waals surface area contributed by atoms with Gasteiger partial charge >= 0.3 is 5.97 Å². The maximum atomic E-state index is 13.1. The normalized spacial score (nSPS) is 12.2. The topological polar surface area (TPSA) is 108 Å². The first kappa shape index (κ1) is 23.9. The molecule has 2 N–H and O–H groups in total. The summed E-state index contributed by atoms with van der Waals surface area (Å²) in [6, 6.07) is 9.76. The molecule has 0 aromatic heterocycles. The highest BCUT2D eigenvalue weighted by Crippen LogP contribution is 2.28. The third-order valence-electron chi connectivity index (χ3n) is 4.88. The number of rotatable bonds is 11. The van der Waals surface area contributed by atoms with Crippen LogP contribution in [0.2, 0.25) is 0 Å².